The average molecular weight is 336 g/mol. The maximum Gasteiger partial charge on any atom is 0.387 e. The molecule has 0 atom stereocenters. The number of pyridine rings is 1. The van der Waals surface area contributed by atoms with Crippen LogP contribution in [0.5, 0.6) is 11.6 Å². The minimum absolute atomic E-state index is 0.124. The molecule has 124 valence electrons. The number of nitrogens with zero attached hydrogens (tertiary/aromatic N) is 4. The minimum atomic E-state index is -3.12. The lowest BCUT2D eigenvalue weighted by Crippen LogP contribution is -2.05. The summed E-state index contributed by atoms with van der Waals surface area (Å²) >= 11 is 0. The first-order chi connectivity index (χ1) is 11.6. The minimum Gasteiger partial charge on any atom is -0.471 e. The summed E-state index contributed by atoms with van der Waals surface area (Å²) in [6.45, 7) is -2.99. The van der Waals surface area contributed by atoms with Crippen molar-refractivity contribution in [1.82, 2.24) is 20.0 Å². The topological polar surface area (TPSA) is 62.1 Å². The van der Waals surface area contributed by atoms with E-state index < -0.39 is 18.2 Å². The fraction of sp³-hybridized carbons (Fsp3) is 0.133. The van der Waals surface area contributed by atoms with E-state index >= 15 is 0 Å². The average Bonchev–Trinajstić information content (AvgIpc) is 3.04. The van der Waals surface area contributed by atoms with Gasteiger partial charge in [0, 0.05) is 18.3 Å². The Bertz CT molecular complexity index is 811. The van der Waals surface area contributed by atoms with Crippen LogP contribution in [-0.4, -0.2) is 26.6 Å². The van der Waals surface area contributed by atoms with Gasteiger partial charge in [-0.15, -0.1) is 5.10 Å². The Morgan fingerprint density at radius 1 is 1.17 bits per heavy atom. The van der Waals surface area contributed by atoms with Crippen LogP contribution in [0, 0.1) is 5.82 Å². The molecule has 0 saturated heterocycles. The zero-order valence-corrected chi connectivity index (χ0v) is 12.1. The first-order valence-electron chi connectivity index (χ1n) is 6.81. The van der Waals surface area contributed by atoms with Gasteiger partial charge in [0.1, 0.15) is 12.3 Å². The second-order valence-corrected chi connectivity index (χ2v) is 4.60. The van der Waals surface area contributed by atoms with Crippen LogP contribution in [0.4, 0.5) is 13.2 Å². The fourth-order valence-corrected chi connectivity index (χ4v) is 1.89. The Labute approximate surface area is 134 Å². The molecule has 0 aliphatic rings. The molecular weight excluding hydrogens is 325 g/mol. The highest BCUT2D eigenvalue weighted by molar-refractivity contribution is 5.39. The molecule has 0 aliphatic carbocycles. The zero-order valence-electron chi connectivity index (χ0n) is 12.1. The zero-order chi connectivity index (χ0) is 16.9. The SMILES string of the molecule is Fc1ccc(-n2cc(COc3ccccn3)nn2)cc1OC(F)F. The van der Waals surface area contributed by atoms with Crippen LogP contribution >= 0.6 is 0 Å². The van der Waals surface area contributed by atoms with Crippen LogP contribution in [0.25, 0.3) is 5.69 Å². The van der Waals surface area contributed by atoms with E-state index in [2.05, 4.69) is 20.0 Å². The largest absolute Gasteiger partial charge is 0.471 e. The van der Waals surface area contributed by atoms with Gasteiger partial charge in [-0.25, -0.2) is 14.1 Å². The molecule has 0 radical (unpaired) electrons. The van der Waals surface area contributed by atoms with Gasteiger partial charge in [-0.3, -0.25) is 0 Å². The number of alkyl halides is 2. The highest BCUT2D eigenvalue weighted by atomic mass is 19.3. The van der Waals surface area contributed by atoms with Crippen molar-refractivity contribution in [3.63, 3.8) is 0 Å². The third-order valence-electron chi connectivity index (χ3n) is 2.94. The van der Waals surface area contributed by atoms with Gasteiger partial charge in [-0.2, -0.15) is 8.78 Å². The summed E-state index contributed by atoms with van der Waals surface area (Å²) in [6.07, 6.45) is 3.12. The Balaban J connectivity index is 1.73. The molecule has 9 heteroatoms. The standard InChI is InChI=1S/C15H11F3N4O2/c16-12-5-4-11(7-13(12)24-15(17)18)22-8-10(20-21-22)9-23-14-3-1-2-6-19-14/h1-8,15H,9H2. The molecular formula is C15H11F3N4O2. The van der Waals surface area contributed by atoms with Crippen molar-refractivity contribution in [2.75, 3.05) is 0 Å². The number of hydrogen-bond acceptors (Lipinski definition) is 5. The summed E-state index contributed by atoms with van der Waals surface area (Å²) in [5.41, 5.74) is 0.810. The summed E-state index contributed by atoms with van der Waals surface area (Å²) < 4.78 is 48.8. The number of halogens is 3. The molecule has 24 heavy (non-hydrogen) atoms. The summed E-state index contributed by atoms with van der Waals surface area (Å²) in [5, 5.41) is 7.75. The molecule has 0 saturated carbocycles. The monoisotopic (exact) mass is 336 g/mol. The smallest absolute Gasteiger partial charge is 0.387 e. The molecule has 3 aromatic rings. The van der Waals surface area contributed by atoms with Crippen LogP contribution < -0.4 is 9.47 Å². The molecule has 0 bridgehead atoms. The molecule has 2 heterocycles. The normalized spacial score (nSPS) is 10.8. The van der Waals surface area contributed by atoms with Gasteiger partial charge >= 0.3 is 6.61 Å². The van der Waals surface area contributed by atoms with Gasteiger partial charge in [0.25, 0.3) is 0 Å². The predicted octanol–water partition coefficient (Wildman–Crippen LogP) is 2.98. The third kappa shape index (κ3) is 3.80. The number of rotatable bonds is 6. The lowest BCUT2D eigenvalue weighted by atomic mass is 10.3. The van der Waals surface area contributed by atoms with E-state index in [4.69, 9.17) is 4.74 Å². The molecule has 0 amide bonds. The van der Waals surface area contributed by atoms with E-state index in [1.807, 2.05) is 0 Å². The number of benzene rings is 1. The van der Waals surface area contributed by atoms with Crippen molar-refractivity contribution in [2.24, 2.45) is 0 Å². The maximum atomic E-state index is 13.4. The van der Waals surface area contributed by atoms with Crippen molar-refractivity contribution in [1.29, 1.82) is 0 Å². The molecule has 0 unspecified atom stereocenters. The molecule has 0 N–H and O–H groups in total. The second-order valence-electron chi connectivity index (χ2n) is 4.60. The molecule has 0 spiro atoms. The van der Waals surface area contributed by atoms with Crippen molar-refractivity contribution in [3.8, 4) is 17.3 Å². The Hall–Kier alpha value is -3.10. The molecule has 6 nitrogen and oxygen atoms in total. The predicted molar refractivity (Wildman–Crippen MR) is 76.5 cm³/mol. The van der Waals surface area contributed by atoms with Gasteiger partial charge in [-0.05, 0) is 18.2 Å². The van der Waals surface area contributed by atoms with Gasteiger partial charge in [0.15, 0.2) is 11.6 Å². The van der Waals surface area contributed by atoms with Gasteiger partial charge in [-0.1, -0.05) is 11.3 Å². The Kier molecular flexibility index (Phi) is 4.59. The quantitative estimate of drug-likeness (QED) is 0.692. The van der Waals surface area contributed by atoms with E-state index in [1.54, 1.807) is 24.4 Å². The van der Waals surface area contributed by atoms with E-state index in [0.717, 1.165) is 12.1 Å². The first-order valence-corrected chi connectivity index (χ1v) is 6.81. The first kappa shape index (κ1) is 15.8. The fourth-order valence-electron chi connectivity index (χ4n) is 1.89. The summed E-state index contributed by atoms with van der Waals surface area (Å²) in [5.74, 6) is -1.02. The van der Waals surface area contributed by atoms with Crippen molar-refractivity contribution >= 4 is 0 Å². The van der Waals surface area contributed by atoms with Crippen LogP contribution in [-0.2, 0) is 6.61 Å². The molecule has 0 fully saturated rings. The van der Waals surface area contributed by atoms with Gasteiger partial charge < -0.3 is 9.47 Å². The van der Waals surface area contributed by atoms with E-state index in [0.29, 0.717) is 17.3 Å². The number of aromatic nitrogens is 4. The van der Waals surface area contributed by atoms with Gasteiger partial charge in [0.05, 0.1) is 11.9 Å². The maximum absolute atomic E-state index is 13.4. The highest BCUT2D eigenvalue weighted by Gasteiger charge is 2.12. The Morgan fingerprint density at radius 3 is 2.79 bits per heavy atom. The summed E-state index contributed by atoms with van der Waals surface area (Å²) in [7, 11) is 0. The van der Waals surface area contributed by atoms with E-state index in [1.165, 1.54) is 16.9 Å². The summed E-state index contributed by atoms with van der Waals surface area (Å²) in [6, 6.07) is 8.72. The van der Waals surface area contributed by atoms with Crippen LogP contribution in [0.2, 0.25) is 0 Å². The molecule has 1 aromatic carbocycles. The van der Waals surface area contributed by atoms with Crippen molar-refractivity contribution in [3.05, 3.63) is 60.3 Å². The van der Waals surface area contributed by atoms with Crippen molar-refractivity contribution in [2.45, 2.75) is 13.2 Å². The van der Waals surface area contributed by atoms with E-state index in [-0.39, 0.29) is 6.61 Å². The van der Waals surface area contributed by atoms with Gasteiger partial charge in [0.2, 0.25) is 5.88 Å². The summed E-state index contributed by atoms with van der Waals surface area (Å²) in [4.78, 5) is 4.00. The molecule has 2 aromatic heterocycles. The van der Waals surface area contributed by atoms with Crippen LogP contribution in [0.1, 0.15) is 5.69 Å². The highest BCUT2D eigenvalue weighted by Crippen LogP contribution is 2.22. The second kappa shape index (κ2) is 6.99. The third-order valence-corrected chi connectivity index (χ3v) is 2.94. The van der Waals surface area contributed by atoms with Crippen LogP contribution in [0.15, 0.2) is 48.8 Å². The lowest BCUT2D eigenvalue weighted by Gasteiger charge is -2.07. The lowest BCUT2D eigenvalue weighted by molar-refractivity contribution is -0.0521. The van der Waals surface area contributed by atoms with Crippen LogP contribution in [0.3, 0.4) is 0 Å². The molecule has 0 aliphatic heterocycles. The van der Waals surface area contributed by atoms with Crippen molar-refractivity contribution < 1.29 is 22.6 Å². The number of hydrogen-bond donors (Lipinski definition) is 0. The number of ether oxygens (including phenoxy) is 2. The Morgan fingerprint density at radius 2 is 2.04 bits per heavy atom. The molecule has 3 rings (SSSR count). The van der Waals surface area contributed by atoms with E-state index in [9.17, 15) is 13.2 Å².